The van der Waals surface area contributed by atoms with Crippen LogP contribution in [0, 0.1) is 0 Å². The van der Waals surface area contributed by atoms with Gasteiger partial charge in [0.1, 0.15) is 11.6 Å². The van der Waals surface area contributed by atoms with Crippen molar-refractivity contribution in [3.05, 3.63) is 54.0 Å². The van der Waals surface area contributed by atoms with Crippen LogP contribution in [0.25, 0.3) is 0 Å². The molecule has 1 aromatic heterocycles. The number of sulfonamides is 1. The Balaban J connectivity index is 1.43. The van der Waals surface area contributed by atoms with E-state index in [1.165, 1.54) is 12.3 Å². The van der Waals surface area contributed by atoms with Crippen molar-refractivity contribution in [2.24, 2.45) is 4.99 Å². The van der Waals surface area contributed by atoms with Crippen molar-refractivity contribution in [3.63, 3.8) is 0 Å². The third-order valence-electron chi connectivity index (χ3n) is 3.76. The van der Waals surface area contributed by atoms with Gasteiger partial charge in [0.25, 0.3) is 10.0 Å². The minimum absolute atomic E-state index is 0.0266. The van der Waals surface area contributed by atoms with Crippen LogP contribution in [0.2, 0.25) is 0 Å². The van der Waals surface area contributed by atoms with Crippen molar-refractivity contribution < 1.29 is 22.4 Å². The molecule has 10 heteroatoms. The number of carbonyl (C=O) groups excluding carboxylic acids is 2. The lowest BCUT2D eigenvalue weighted by Gasteiger charge is -2.05. The highest BCUT2D eigenvalue weighted by Crippen LogP contribution is 2.22. The third-order valence-corrected chi connectivity index (χ3v) is 5.15. The molecule has 0 fully saturated rings. The maximum Gasteiger partial charge on any atom is 0.263 e. The smallest absolute Gasteiger partial charge is 0.263 e. The van der Waals surface area contributed by atoms with E-state index in [2.05, 4.69) is 20.3 Å². The summed E-state index contributed by atoms with van der Waals surface area (Å²) < 4.78 is 31.4. The van der Waals surface area contributed by atoms with Gasteiger partial charge in [-0.2, -0.15) is 0 Å². The molecule has 3 rings (SSSR count). The first-order valence-electron chi connectivity index (χ1n) is 8.18. The average Bonchev–Trinajstić information content (AvgIpc) is 3.25. The summed E-state index contributed by atoms with van der Waals surface area (Å²) in [6, 6.07) is 9.93. The molecule has 0 bridgehead atoms. The van der Waals surface area contributed by atoms with Gasteiger partial charge in [-0.25, -0.2) is 8.42 Å². The van der Waals surface area contributed by atoms with Gasteiger partial charge in [-0.15, -0.1) is 0 Å². The molecule has 142 valence electrons. The van der Waals surface area contributed by atoms with Crippen LogP contribution in [-0.4, -0.2) is 39.2 Å². The van der Waals surface area contributed by atoms with Crippen molar-refractivity contribution in [1.82, 2.24) is 15.4 Å². The molecule has 0 saturated heterocycles. The van der Waals surface area contributed by atoms with Crippen LogP contribution >= 0.6 is 0 Å². The zero-order valence-electron chi connectivity index (χ0n) is 14.3. The molecule has 0 spiro atoms. The fraction of sp³-hybridized carbons (Fsp3) is 0.235. The summed E-state index contributed by atoms with van der Waals surface area (Å²) in [6.07, 6.45) is 1.53. The molecular weight excluding hydrogens is 372 g/mol. The Morgan fingerprint density at radius 3 is 2.67 bits per heavy atom. The number of hydrogen-bond donors (Lipinski definition) is 3. The SMILES string of the molecule is O=C(CCN=C1NS(=O)(=O)c2ccccc21)NCC(=O)NCc1ccco1. The summed E-state index contributed by atoms with van der Waals surface area (Å²) in [4.78, 5) is 27.8. The zero-order chi connectivity index (χ0) is 19.3. The van der Waals surface area contributed by atoms with Crippen LogP contribution in [0.1, 0.15) is 17.7 Å². The number of rotatable bonds is 7. The molecule has 1 aromatic carbocycles. The molecule has 3 N–H and O–H groups in total. The van der Waals surface area contributed by atoms with Gasteiger partial charge in [-0.3, -0.25) is 19.3 Å². The third kappa shape index (κ3) is 4.73. The van der Waals surface area contributed by atoms with E-state index in [4.69, 9.17) is 4.42 Å². The highest BCUT2D eigenvalue weighted by atomic mass is 32.2. The maximum atomic E-state index is 12.0. The quantitative estimate of drug-likeness (QED) is 0.619. The Bertz CT molecular complexity index is 967. The summed E-state index contributed by atoms with van der Waals surface area (Å²) in [5, 5.41) is 5.09. The number of furan rings is 1. The van der Waals surface area contributed by atoms with E-state index in [1.54, 1.807) is 30.3 Å². The standard InChI is InChI=1S/C17H18N4O5S/c22-15(20-11-16(23)19-10-12-4-3-9-26-12)7-8-18-17-13-5-1-2-6-14(13)27(24,25)21-17/h1-6,9H,7-8,10-11H2,(H,18,21)(H,19,23)(H,20,22). The monoisotopic (exact) mass is 390 g/mol. The number of hydrogen-bond acceptors (Lipinski definition) is 6. The fourth-order valence-electron chi connectivity index (χ4n) is 2.45. The second-order valence-electron chi connectivity index (χ2n) is 5.71. The van der Waals surface area contributed by atoms with Crippen LogP contribution in [-0.2, 0) is 26.2 Å². The fourth-order valence-corrected chi connectivity index (χ4v) is 3.70. The Morgan fingerprint density at radius 1 is 1.07 bits per heavy atom. The molecule has 27 heavy (non-hydrogen) atoms. The molecule has 1 aliphatic rings. The number of nitrogens with one attached hydrogen (secondary N) is 3. The number of amides is 2. The Labute approximate surface area is 155 Å². The summed E-state index contributed by atoms with van der Waals surface area (Å²) in [5.74, 6) is 0.129. The molecule has 2 heterocycles. The van der Waals surface area contributed by atoms with Crippen molar-refractivity contribution in [2.45, 2.75) is 17.9 Å². The molecule has 9 nitrogen and oxygen atoms in total. The topological polar surface area (TPSA) is 130 Å². The van der Waals surface area contributed by atoms with Gasteiger partial charge >= 0.3 is 0 Å². The van der Waals surface area contributed by atoms with Crippen molar-refractivity contribution in [1.29, 1.82) is 0 Å². The molecular formula is C17H18N4O5S. The highest BCUT2D eigenvalue weighted by Gasteiger charge is 2.29. The zero-order valence-corrected chi connectivity index (χ0v) is 15.1. The molecule has 2 aromatic rings. The molecule has 2 amide bonds. The molecule has 1 aliphatic heterocycles. The number of carbonyl (C=O) groups is 2. The van der Waals surface area contributed by atoms with Crippen LogP contribution in [0.3, 0.4) is 0 Å². The molecule has 0 saturated carbocycles. The van der Waals surface area contributed by atoms with Crippen molar-refractivity contribution in [2.75, 3.05) is 13.1 Å². The Hall–Kier alpha value is -3.14. The second-order valence-corrected chi connectivity index (χ2v) is 7.37. The molecule has 0 unspecified atom stereocenters. The lowest BCUT2D eigenvalue weighted by atomic mass is 10.2. The average molecular weight is 390 g/mol. The van der Waals surface area contributed by atoms with Gasteiger partial charge in [0.2, 0.25) is 11.8 Å². The van der Waals surface area contributed by atoms with E-state index >= 15 is 0 Å². The summed E-state index contributed by atoms with van der Waals surface area (Å²) in [6.45, 7) is 0.173. The van der Waals surface area contributed by atoms with Gasteiger partial charge in [-0.1, -0.05) is 12.1 Å². The van der Waals surface area contributed by atoms with Crippen LogP contribution in [0.15, 0.2) is 57.0 Å². The van der Waals surface area contributed by atoms with Crippen LogP contribution in [0.5, 0.6) is 0 Å². The number of nitrogens with zero attached hydrogens (tertiary/aromatic N) is 1. The van der Waals surface area contributed by atoms with Gasteiger partial charge in [-0.05, 0) is 24.3 Å². The normalized spacial score (nSPS) is 15.8. The first-order chi connectivity index (χ1) is 13.0. The predicted molar refractivity (Wildman–Crippen MR) is 96.3 cm³/mol. The van der Waals surface area contributed by atoms with Gasteiger partial charge in [0.15, 0.2) is 0 Å². The highest BCUT2D eigenvalue weighted by molar-refractivity contribution is 7.90. The number of benzene rings is 1. The minimum atomic E-state index is -3.59. The summed E-state index contributed by atoms with van der Waals surface area (Å²) in [7, 11) is -3.59. The van der Waals surface area contributed by atoms with E-state index in [9.17, 15) is 18.0 Å². The molecule has 0 radical (unpaired) electrons. The first-order valence-corrected chi connectivity index (χ1v) is 9.66. The first kappa shape index (κ1) is 18.6. The van der Waals surface area contributed by atoms with E-state index in [0.717, 1.165) is 0 Å². The minimum Gasteiger partial charge on any atom is -0.467 e. The van der Waals surface area contributed by atoms with E-state index in [-0.39, 0.29) is 48.6 Å². The molecule has 0 atom stereocenters. The number of aliphatic imine (C=N–C) groups is 1. The number of amidine groups is 1. The predicted octanol–water partition coefficient (Wildman–Crippen LogP) is 0.141. The van der Waals surface area contributed by atoms with Gasteiger partial charge < -0.3 is 15.1 Å². The van der Waals surface area contributed by atoms with Gasteiger partial charge in [0.05, 0.1) is 30.8 Å². The van der Waals surface area contributed by atoms with Crippen molar-refractivity contribution >= 4 is 27.7 Å². The Kier molecular flexibility index (Phi) is 5.55. The largest absolute Gasteiger partial charge is 0.467 e. The lowest BCUT2D eigenvalue weighted by Crippen LogP contribution is -2.36. The van der Waals surface area contributed by atoms with E-state index in [0.29, 0.717) is 11.3 Å². The van der Waals surface area contributed by atoms with E-state index in [1.807, 2.05) is 0 Å². The van der Waals surface area contributed by atoms with Crippen molar-refractivity contribution in [3.8, 4) is 0 Å². The number of fused-ring (bicyclic) bond motifs is 1. The van der Waals surface area contributed by atoms with E-state index < -0.39 is 10.0 Å². The van der Waals surface area contributed by atoms with Crippen LogP contribution < -0.4 is 15.4 Å². The van der Waals surface area contributed by atoms with Crippen LogP contribution in [0.4, 0.5) is 0 Å². The lowest BCUT2D eigenvalue weighted by molar-refractivity contribution is -0.126. The molecule has 0 aliphatic carbocycles. The summed E-state index contributed by atoms with van der Waals surface area (Å²) in [5.41, 5.74) is 0.482. The maximum absolute atomic E-state index is 12.0. The second kappa shape index (κ2) is 8.04. The Morgan fingerprint density at radius 2 is 1.89 bits per heavy atom. The summed E-state index contributed by atoms with van der Waals surface area (Å²) >= 11 is 0. The van der Waals surface area contributed by atoms with Gasteiger partial charge in [0, 0.05) is 12.0 Å².